The fraction of sp³-hybridized carbons (Fsp3) is 0.0833. The standard InChI is InChI=1S/C24H17BrFNO4/c1-14(30-20-9-5-3-7-18(20)26)24(29)27-21-17-6-2-4-8-19(17)31-23(21)22(28)15-10-12-16(25)13-11-15/h2-14H,1H3,(H,27,29)/t14-/m0/s1. The summed E-state index contributed by atoms with van der Waals surface area (Å²) in [6, 6.07) is 19.7. The zero-order chi connectivity index (χ0) is 22.0. The van der Waals surface area contributed by atoms with Gasteiger partial charge in [-0.3, -0.25) is 9.59 Å². The highest BCUT2D eigenvalue weighted by atomic mass is 79.9. The van der Waals surface area contributed by atoms with Crippen LogP contribution >= 0.6 is 15.9 Å². The summed E-state index contributed by atoms with van der Waals surface area (Å²) < 4.78 is 25.9. The van der Waals surface area contributed by atoms with Gasteiger partial charge in [-0.25, -0.2) is 4.39 Å². The maximum absolute atomic E-state index is 13.9. The first-order valence-corrected chi connectivity index (χ1v) is 10.3. The van der Waals surface area contributed by atoms with Crippen molar-refractivity contribution in [3.05, 3.63) is 94.4 Å². The van der Waals surface area contributed by atoms with Crippen molar-refractivity contribution in [1.29, 1.82) is 0 Å². The van der Waals surface area contributed by atoms with Gasteiger partial charge >= 0.3 is 0 Å². The molecule has 1 atom stereocenters. The number of carbonyl (C=O) groups is 2. The van der Waals surface area contributed by atoms with Gasteiger partial charge in [-0.2, -0.15) is 0 Å². The number of hydrogen-bond acceptors (Lipinski definition) is 4. The van der Waals surface area contributed by atoms with Crippen LogP contribution in [0.5, 0.6) is 5.75 Å². The molecule has 1 N–H and O–H groups in total. The number of hydrogen-bond donors (Lipinski definition) is 1. The normalized spacial score (nSPS) is 11.8. The molecule has 0 radical (unpaired) electrons. The van der Waals surface area contributed by atoms with E-state index in [9.17, 15) is 14.0 Å². The number of fused-ring (bicyclic) bond motifs is 1. The number of anilines is 1. The molecule has 0 bridgehead atoms. The second kappa shape index (κ2) is 8.73. The highest BCUT2D eigenvalue weighted by Crippen LogP contribution is 2.33. The van der Waals surface area contributed by atoms with Crippen LogP contribution in [0.3, 0.4) is 0 Å². The smallest absolute Gasteiger partial charge is 0.265 e. The van der Waals surface area contributed by atoms with E-state index in [1.54, 1.807) is 54.6 Å². The Morgan fingerprint density at radius 3 is 2.42 bits per heavy atom. The maximum atomic E-state index is 13.9. The third-order valence-corrected chi connectivity index (χ3v) is 5.19. The molecule has 0 fully saturated rings. The average Bonchev–Trinajstić information content (AvgIpc) is 3.13. The van der Waals surface area contributed by atoms with Gasteiger partial charge < -0.3 is 14.5 Å². The molecule has 7 heteroatoms. The summed E-state index contributed by atoms with van der Waals surface area (Å²) >= 11 is 3.34. The quantitative estimate of drug-likeness (QED) is 0.344. The molecule has 0 spiro atoms. The Balaban J connectivity index is 1.65. The van der Waals surface area contributed by atoms with Gasteiger partial charge in [-0.15, -0.1) is 0 Å². The molecule has 0 saturated carbocycles. The van der Waals surface area contributed by atoms with Crippen molar-refractivity contribution in [2.45, 2.75) is 13.0 Å². The summed E-state index contributed by atoms with van der Waals surface area (Å²) in [5.41, 5.74) is 1.12. The van der Waals surface area contributed by atoms with Crippen LogP contribution in [0.15, 0.2) is 81.7 Å². The van der Waals surface area contributed by atoms with E-state index in [2.05, 4.69) is 21.2 Å². The minimum Gasteiger partial charge on any atom is -0.478 e. The lowest BCUT2D eigenvalue weighted by Crippen LogP contribution is -2.30. The fourth-order valence-corrected chi connectivity index (χ4v) is 3.34. The maximum Gasteiger partial charge on any atom is 0.265 e. The first kappa shape index (κ1) is 20.8. The lowest BCUT2D eigenvalue weighted by molar-refractivity contribution is -0.122. The highest BCUT2D eigenvalue weighted by Gasteiger charge is 2.25. The number of furan rings is 1. The van der Waals surface area contributed by atoms with Gasteiger partial charge in [0, 0.05) is 15.4 Å². The van der Waals surface area contributed by atoms with Gasteiger partial charge in [0.2, 0.25) is 5.78 Å². The summed E-state index contributed by atoms with van der Waals surface area (Å²) in [4.78, 5) is 25.9. The van der Waals surface area contributed by atoms with Crippen molar-refractivity contribution in [2.24, 2.45) is 0 Å². The van der Waals surface area contributed by atoms with Gasteiger partial charge in [0.15, 0.2) is 23.4 Å². The summed E-state index contributed by atoms with van der Waals surface area (Å²) in [6.45, 7) is 1.50. The Morgan fingerprint density at radius 2 is 1.68 bits per heavy atom. The number of benzene rings is 3. The molecule has 31 heavy (non-hydrogen) atoms. The van der Waals surface area contributed by atoms with Crippen LogP contribution in [0.1, 0.15) is 23.0 Å². The molecule has 4 aromatic rings. The number of halogens is 2. The summed E-state index contributed by atoms with van der Waals surface area (Å²) in [5.74, 6) is -1.51. The van der Waals surface area contributed by atoms with E-state index in [0.717, 1.165) is 4.47 Å². The second-order valence-electron chi connectivity index (χ2n) is 6.82. The van der Waals surface area contributed by atoms with E-state index in [1.165, 1.54) is 25.1 Å². The molecule has 5 nitrogen and oxygen atoms in total. The Bertz CT molecular complexity index is 1270. The highest BCUT2D eigenvalue weighted by molar-refractivity contribution is 9.10. The van der Waals surface area contributed by atoms with E-state index >= 15 is 0 Å². The summed E-state index contributed by atoms with van der Waals surface area (Å²) in [6.07, 6.45) is -1.01. The van der Waals surface area contributed by atoms with E-state index < -0.39 is 17.8 Å². The van der Waals surface area contributed by atoms with Gasteiger partial charge in [0.1, 0.15) is 5.58 Å². The molecule has 1 amide bonds. The molecule has 0 aliphatic heterocycles. The van der Waals surface area contributed by atoms with Crippen molar-refractivity contribution in [1.82, 2.24) is 0 Å². The Hall–Kier alpha value is -3.45. The molecule has 0 aliphatic rings. The topological polar surface area (TPSA) is 68.5 Å². The lowest BCUT2D eigenvalue weighted by atomic mass is 10.1. The molecular weight excluding hydrogens is 465 g/mol. The molecule has 4 rings (SSSR count). The van der Waals surface area contributed by atoms with Crippen LogP contribution in [0.25, 0.3) is 11.0 Å². The molecular formula is C24H17BrFNO4. The van der Waals surface area contributed by atoms with E-state index in [1.807, 2.05) is 0 Å². The third-order valence-electron chi connectivity index (χ3n) is 4.67. The second-order valence-corrected chi connectivity index (χ2v) is 7.73. The first-order chi connectivity index (χ1) is 14.9. The number of ether oxygens (including phenoxy) is 1. The predicted molar refractivity (Wildman–Crippen MR) is 119 cm³/mol. The number of para-hydroxylation sites is 2. The van der Waals surface area contributed by atoms with Gasteiger partial charge in [0.25, 0.3) is 5.91 Å². The molecule has 0 aliphatic carbocycles. The van der Waals surface area contributed by atoms with Crippen molar-refractivity contribution in [2.75, 3.05) is 5.32 Å². The van der Waals surface area contributed by atoms with E-state index in [-0.39, 0.29) is 23.0 Å². The predicted octanol–water partition coefficient (Wildman–Crippen LogP) is 5.97. The average molecular weight is 482 g/mol. The number of amides is 1. The van der Waals surface area contributed by atoms with Gasteiger partial charge in [-0.05, 0) is 55.5 Å². The SMILES string of the molecule is C[C@H](Oc1ccccc1F)C(=O)Nc1c(C(=O)c2ccc(Br)cc2)oc2ccccc12. The number of ketones is 1. The molecule has 1 heterocycles. The third kappa shape index (κ3) is 4.36. The Kier molecular flexibility index (Phi) is 5.86. The van der Waals surface area contributed by atoms with Crippen molar-refractivity contribution < 1.29 is 23.1 Å². The zero-order valence-electron chi connectivity index (χ0n) is 16.4. The lowest BCUT2D eigenvalue weighted by Gasteiger charge is -2.15. The van der Waals surface area contributed by atoms with Crippen LogP contribution in [0.2, 0.25) is 0 Å². The number of nitrogens with one attached hydrogen (secondary N) is 1. The van der Waals surface area contributed by atoms with Crippen LogP contribution in [-0.2, 0) is 4.79 Å². The Labute approximate surface area is 186 Å². The molecule has 1 aromatic heterocycles. The van der Waals surface area contributed by atoms with Crippen LogP contribution in [-0.4, -0.2) is 17.8 Å². The van der Waals surface area contributed by atoms with Crippen molar-refractivity contribution in [3.63, 3.8) is 0 Å². The minimum atomic E-state index is -1.01. The fourth-order valence-electron chi connectivity index (χ4n) is 3.07. The zero-order valence-corrected chi connectivity index (χ0v) is 18.0. The Morgan fingerprint density at radius 1 is 1.00 bits per heavy atom. The van der Waals surface area contributed by atoms with Gasteiger partial charge in [0.05, 0.1) is 5.69 Å². The monoisotopic (exact) mass is 481 g/mol. The minimum absolute atomic E-state index is 0.00923. The molecule has 156 valence electrons. The number of rotatable bonds is 6. The van der Waals surface area contributed by atoms with E-state index in [4.69, 9.17) is 9.15 Å². The first-order valence-electron chi connectivity index (χ1n) is 9.48. The largest absolute Gasteiger partial charge is 0.478 e. The molecule has 0 saturated heterocycles. The summed E-state index contributed by atoms with van der Waals surface area (Å²) in [5, 5.41) is 3.30. The van der Waals surface area contributed by atoms with Crippen LogP contribution < -0.4 is 10.1 Å². The van der Waals surface area contributed by atoms with Gasteiger partial charge in [-0.1, -0.05) is 40.2 Å². The van der Waals surface area contributed by atoms with Crippen LogP contribution in [0.4, 0.5) is 10.1 Å². The van der Waals surface area contributed by atoms with Crippen LogP contribution in [0, 0.1) is 5.82 Å². The molecule has 0 unspecified atom stereocenters. The summed E-state index contributed by atoms with van der Waals surface area (Å²) in [7, 11) is 0. The van der Waals surface area contributed by atoms with Crippen molar-refractivity contribution >= 4 is 44.3 Å². The van der Waals surface area contributed by atoms with E-state index in [0.29, 0.717) is 16.5 Å². The molecule has 3 aromatic carbocycles. The number of carbonyl (C=O) groups excluding carboxylic acids is 2. The van der Waals surface area contributed by atoms with Crippen molar-refractivity contribution in [3.8, 4) is 5.75 Å².